The average molecular weight is 325 g/mol. The van der Waals surface area contributed by atoms with Gasteiger partial charge < -0.3 is 0 Å². The minimum Gasteiger partial charge on any atom is -0.208 e. The van der Waals surface area contributed by atoms with E-state index >= 15 is 0 Å². The highest BCUT2D eigenvalue weighted by molar-refractivity contribution is 7.89. The molecule has 2 rings (SSSR count). The molecule has 0 spiro atoms. The molecule has 0 aliphatic heterocycles. The van der Waals surface area contributed by atoms with Crippen molar-refractivity contribution in [2.24, 2.45) is 0 Å². The molecule has 0 heterocycles. The highest BCUT2D eigenvalue weighted by Crippen LogP contribution is 2.19. The lowest BCUT2D eigenvalue weighted by Crippen LogP contribution is -2.34. The van der Waals surface area contributed by atoms with Crippen LogP contribution in [0.1, 0.15) is 18.9 Å². The summed E-state index contributed by atoms with van der Waals surface area (Å²) in [6.07, 6.45) is 1.20. The smallest absolute Gasteiger partial charge is 0.208 e. The first-order valence-electron chi connectivity index (χ1n) is 6.90. The van der Waals surface area contributed by atoms with Crippen LogP contribution in [0.15, 0.2) is 53.4 Å². The first-order valence-corrected chi connectivity index (χ1v) is 8.39. The third kappa shape index (κ3) is 4.11. The molecule has 1 unspecified atom stereocenters. The summed E-state index contributed by atoms with van der Waals surface area (Å²) < 4.78 is 53.7. The zero-order chi connectivity index (χ0) is 16.2. The van der Waals surface area contributed by atoms with Gasteiger partial charge >= 0.3 is 0 Å². The van der Waals surface area contributed by atoms with Crippen LogP contribution < -0.4 is 4.72 Å². The lowest BCUT2D eigenvalue weighted by Gasteiger charge is -2.15. The first-order chi connectivity index (χ1) is 10.4. The lowest BCUT2D eigenvalue weighted by molar-refractivity contribution is 0.503. The molecule has 2 aromatic carbocycles. The SMILES string of the molecule is CC(CCc1ccccc1)NS(=O)(=O)c1c(F)cccc1F. The summed E-state index contributed by atoms with van der Waals surface area (Å²) in [6.45, 7) is 1.67. The van der Waals surface area contributed by atoms with Crippen LogP contribution in [-0.4, -0.2) is 14.5 Å². The maximum absolute atomic E-state index is 13.6. The van der Waals surface area contributed by atoms with Crippen LogP contribution in [-0.2, 0) is 16.4 Å². The van der Waals surface area contributed by atoms with Crippen LogP contribution >= 0.6 is 0 Å². The van der Waals surface area contributed by atoms with Gasteiger partial charge in [-0.15, -0.1) is 0 Å². The van der Waals surface area contributed by atoms with E-state index in [1.807, 2.05) is 30.3 Å². The van der Waals surface area contributed by atoms with Gasteiger partial charge in [-0.05, 0) is 37.5 Å². The standard InChI is InChI=1S/C16H17F2NO2S/c1-12(10-11-13-6-3-2-4-7-13)19-22(20,21)16-14(17)8-5-9-15(16)18/h2-9,12,19H,10-11H2,1H3. The maximum Gasteiger partial charge on any atom is 0.246 e. The number of hydrogen-bond donors (Lipinski definition) is 1. The number of sulfonamides is 1. The van der Waals surface area contributed by atoms with Gasteiger partial charge in [-0.1, -0.05) is 36.4 Å². The highest BCUT2D eigenvalue weighted by atomic mass is 32.2. The molecule has 3 nitrogen and oxygen atoms in total. The van der Waals surface area contributed by atoms with Gasteiger partial charge in [-0.3, -0.25) is 0 Å². The molecule has 0 fully saturated rings. The Balaban J connectivity index is 2.05. The van der Waals surface area contributed by atoms with Crippen molar-refractivity contribution in [2.75, 3.05) is 0 Å². The molecule has 1 N–H and O–H groups in total. The number of nitrogens with one attached hydrogen (secondary N) is 1. The van der Waals surface area contributed by atoms with Gasteiger partial charge in [0.05, 0.1) is 0 Å². The van der Waals surface area contributed by atoms with Crippen LogP contribution in [0.5, 0.6) is 0 Å². The summed E-state index contributed by atoms with van der Waals surface area (Å²) in [4.78, 5) is -0.929. The van der Waals surface area contributed by atoms with E-state index in [1.54, 1.807) is 6.92 Å². The molecule has 0 aromatic heterocycles. The van der Waals surface area contributed by atoms with E-state index in [2.05, 4.69) is 4.72 Å². The molecule has 2 aromatic rings. The maximum atomic E-state index is 13.6. The van der Waals surface area contributed by atoms with Gasteiger partial charge in [0, 0.05) is 6.04 Å². The lowest BCUT2D eigenvalue weighted by atomic mass is 10.1. The van der Waals surface area contributed by atoms with Gasteiger partial charge in [-0.25, -0.2) is 21.9 Å². The average Bonchev–Trinajstić information content (AvgIpc) is 2.45. The summed E-state index contributed by atoms with van der Waals surface area (Å²) in [7, 11) is -4.23. The number of hydrogen-bond acceptors (Lipinski definition) is 2. The molecule has 0 radical (unpaired) electrons. The van der Waals surface area contributed by atoms with Crippen molar-refractivity contribution in [1.82, 2.24) is 4.72 Å². The Bertz CT molecular complexity index is 713. The number of rotatable bonds is 6. The van der Waals surface area contributed by atoms with Crippen LogP contribution in [0.2, 0.25) is 0 Å². The van der Waals surface area contributed by atoms with Crippen LogP contribution in [0, 0.1) is 11.6 Å². The highest BCUT2D eigenvalue weighted by Gasteiger charge is 2.25. The molecule has 0 aliphatic carbocycles. The molecular weight excluding hydrogens is 308 g/mol. The first kappa shape index (κ1) is 16.6. The molecule has 0 saturated heterocycles. The van der Waals surface area contributed by atoms with Crippen molar-refractivity contribution < 1.29 is 17.2 Å². The number of aryl methyl sites for hydroxylation is 1. The van der Waals surface area contributed by atoms with Crippen LogP contribution in [0.4, 0.5) is 8.78 Å². The third-order valence-electron chi connectivity index (χ3n) is 3.25. The van der Waals surface area contributed by atoms with Crippen molar-refractivity contribution in [1.29, 1.82) is 0 Å². The Morgan fingerprint density at radius 2 is 1.59 bits per heavy atom. The van der Waals surface area contributed by atoms with Crippen molar-refractivity contribution in [2.45, 2.75) is 30.7 Å². The van der Waals surface area contributed by atoms with Crippen LogP contribution in [0.25, 0.3) is 0 Å². The van der Waals surface area contributed by atoms with E-state index in [4.69, 9.17) is 0 Å². The van der Waals surface area contributed by atoms with E-state index in [9.17, 15) is 17.2 Å². The Hall–Kier alpha value is -1.79. The Labute approximate surface area is 129 Å². The van der Waals surface area contributed by atoms with E-state index in [1.165, 1.54) is 0 Å². The van der Waals surface area contributed by atoms with E-state index in [0.717, 1.165) is 23.8 Å². The monoisotopic (exact) mass is 325 g/mol. The topological polar surface area (TPSA) is 46.2 Å². The fourth-order valence-electron chi connectivity index (χ4n) is 2.15. The second-order valence-electron chi connectivity index (χ2n) is 5.10. The summed E-state index contributed by atoms with van der Waals surface area (Å²) in [5, 5.41) is 0. The Morgan fingerprint density at radius 1 is 1.00 bits per heavy atom. The molecule has 0 bridgehead atoms. The minimum absolute atomic E-state index is 0.441. The Morgan fingerprint density at radius 3 is 2.18 bits per heavy atom. The fourth-order valence-corrected chi connectivity index (χ4v) is 3.56. The zero-order valence-corrected chi connectivity index (χ0v) is 12.9. The molecule has 6 heteroatoms. The molecule has 0 aliphatic rings. The summed E-state index contributed by atoms with van der Waals surface area (Å²) in [5.41, 5.74) is 1.07. The Kier molecular flexibility index (Phi) is 5.26. The van der Waals surface area contributed by atoms with Crippen molar-refractivity contribution in [3.63, 3.8) is 0 Å². The zero-order valence-electron chi connectivity index (χ0n) is 12.1. The predicted molar refractivity (Wildman–Crippen MR) is 80.9 cm³/mol. The van der Waals surface area contributed by atoms with Gasteiger partial charge in [0.1, 0.15) is 11.6 Å². The third-order valence-corrected chi connectivity index (χ3v) is 4.89. The van der Waals surface area contributed by atoms with Gasteiger partial charge in [0.25, 0.3) is 0 Å². The summed E-state index contributed by atoms with van der Waals surface area (Å²) in [6, 6.07) is 12.1. The molecule has 118 valence electrons. The van der Waals surface area contributed by atoms with Crippen molar-refractivity contribution in [3.05, 3.63) is 65.7 Å². The summed E-state index contributed by atoms with van der Waals surface area (Å²) in [5.74, 6) is -2.19. The van der Waals surface area contributed by atoms with Gasteiger partial charge in [0.15, 0.2) is 4.90 Å². The van der Waals surface area contributed by atoms with E-state index < -0.39 is 32.6 Å². The molecular formula is C16H17F2NO2S. The molecule has 0 saturated carbocycles. The van der Waals surface area contributed by atoms with Crippen molar-refractivity contribution >= 4 is 10.0 Å². The quantitative estimate of drug-likeness (QED) is 0.886. The minimum atomic E-state index is -4.23. The largest absolute Gasteiger partial charge is 0.246 e. The molecule has 22 heavy (non-hydrogen) atoms. The molecule has 0 amide bonds. The fraction of sp³-hybridized carbons (Fsp3) is 0.250. The van der Waals surface area contributed by atoms with Crippen molar-refractivity contribution in [3.8, 4) is 0 Å². The second kappa shape index (κ2) is 6.98. The number of halogens is 2. The normalized spacial score (nSPS) is 13.0. The van der Waals surface area contributed by atoms with E-state index in [0.29, 0.717) is 12.8 Å². The second-order valence-corrected chi connectivity index (χ2v) is 6.75. The summed E-state index contributed by atoms with van der Waals surface area (Å²) >= 11 is 0. The van der Waals surface area contributed by atoms with Gasteiger partial charge in [0.2, 0.25) is 10.0 Å². The molecule has 1 atom stereocenters. The van der Waals surface area contributed by atoms with Gasteiger partial charge in [-0.2, -0.15) is 0 Å². The van der Waals surface area contributed by atoms with E-state index in [-0.39, 0.29) is 0 Å². The number of benzene rings is 2. The van der Waals surface area contributed by atoms with Crippen LogP contribution in [0.3, 0.4) is 0 Å². The predicted octanol–water partition coefficient (Wildman–Crippen LogP) is 3.26.